The number of benzene rings is 1. The van der Waals surface area contributed by atoms with Gasteiger partial charge < -0.3 is 9.73 Å². The fraction of sp³-hybridized carbons (Fsp3) is 0.0952. The van der Waals surface area contributed by atoms with Gasteiger partial charge in [-0.2, -0.15) is 0 Å². The van der Waals surface area contributed by atoms with E-state index in [0.717, 1.165) is 10.9 Å². The second-order valence-electron chi connectivity index (χ2n) is 6.63. The van der Waals surface area contributed by atoms with Crippen molar-refractivity contribution in [3.8, 4) is 0 Å². The average molecular weight is 442 g/mol. The predicted octanol–water partition coefficient (Wildman–Crippen LogP) is 3.95. The Morgan fingerprint density at radius 2 is 1.90 bits per heavy atom. The molecule has 0 unspecified atom stereocenters. The first-order valence-corrected chi connectivity index (χ1v) is 10.8. The van der Waals surface area contributed by atoms with E-state index in [-0.39, 0.29) is 28.1 Å². The number of pyridine rings is 2. The van der Waals surface area contributed by atoms with E-state index in [1.54, 1.807) is 49.6 Å². The first-order valence-electron chi connectivity index (χ1n) is 8.92. The van der Waals surface area contributed by atoms with Crippen molar-refractivity contribution in [1.82, 2.24) is 15.3 Å². The highest BCUT2D eigenvalue weighted by molar-refractivity contribution is 7.91. The maximum Gasteiger partial charge on any atom is 0.287 e. The number of carbonyl (C=O) groups excluding carboxylic acids is 1. The summed E-state index contributed by atoms with van der Waals surface area (Å²) in [6, 6.07) is 11.2. The van der Waals surface area contributed by atoms with E-state index >= 15 is 0 Å². The molecule has 0 saturated heterocycles. The molecule has 0 bridgehead atoms. The summed E-state index contributed by atoms with van der Waals surface area (Å²) in [6.45, 7) is 1.86. The molecule has 4 rings (SSSR count). The van der Waals surface area contributed by atoms with Crippen molar-refractivity contribution in [1.29, 1.82) is 0 Å². The van der Waals surface area contributed by atoms with Gasteiger partial charge in [-0.3, -0.25) is 9.78 Å². The lowest BCUT2D eigenvalue weighted by Gasteiger charge is -2.08. The van der Waals surface area contributed by atoms with E-state index in [0.29, 0.717) is 16.2 Å². The Morgan fingerprint density at radius 1 is 1.13 bits per heavy atom. The highest BCUT2D eigenvalue weighted by Gasteiger charge is 2.21. The van der Waals surface area contributed by atoms with Crippen molar-refractivity contribution in [3.63, 3.8) is 0 Å². The molecule has 0 spiro atoms. The van der Waals surface area contributed by atoms with Crippen molar-refractivity contribution in [2.75, 3.05) is 0 Å². The first kappa shape index (κ1) is 20.1. The summed E-state index contributed by atoms with van der Waals surface area (Å²) >= 11 is 5.86. The van der Waals surface area contributed by atoms with Gasteiger partial charge in [-0.15, -0.1) is 0 Å². The molecule has 0 saturated carbocycles. The van der Waals surface area contributed by atoms with Crippen LogP contribution in [-0.2, 0) is 16.4 Å². The fourth-order valence-corrected chi connectivity index (χ4v) is 4.58. The highest BCUT2D eigenvalue weighted by Crippen LogP contribution is 2.24. The molecule has 7 nitrogen and oxygen atoms in total. The molecule has 0 fully saturated rings. The summed E-state index contributed by atoms with van der Waals surface area (Å²) in [5, 5.41) is 3.88. The third-order valence-electron chi connectivity index (χ3n) is 4.48. The molecule has 4 aromatic rings. The average Bonchev–Trinajstić information content (AvgIpc) is 3.16. The summed E-state index contributed by atoms with van der Waals surface area (Å²) in [5.41, 5.74) is 1.74. The Kier molecular flexibility index (Phi) is 5.27. The van der Waals surface area contributed by atoms with Crippen LogP contribution < -0.4 is 5.32 Å². The van der Waals surface area contributed by atoms with Crippen LogP contribution in [0.15, 0.2) is 75.4 Å². The Labute approximate surface area is 177 Å². The standard InChI is InChI=1S/C21H16ClN3O4S/c1-13-8-16(22)11-25-21(13)30(27,28)17-4-2-14(3-5-17)10-24-20(26)18-9-15-6-7-23-12-19(15)29-18/h2-9,11-12H,10H2,1H3,(H,24,26). The number of fused-ring (bicyclic) bond motifs is 1. The lowest BCUT2D eigenvalue weighted by atomic mass is 10.2. The molecule has 0 atom stereocenters. The Morgan fingerprint density at radius 3 is 2.60 bits per heavy atom. The first-order chi connectivity index (χ1) is 14.3. The Hall–Kier alpha value is -3.23. The van der Waals surface area contributed by atoms with Gasteiger partial charge in [0.15, 0.2) is 16.4 Å². The van der Waals surface area contributed by atoms with E-state index in [2.05, 4.69) is 15.3 Å². The molecule has 0 aliphatic carbocycles. The Balaban J connectivity index is 1.47. The molecule has 30 heavy (non-hydrogen) atoms. The zero-order valence-corrected chi connectivity index (χ0v) is 17.4. The number of furan rings is 1. The SMILES string of the molecule is Cc1cc(Cl)cnc1S(=O)(=O)c1ccc(CNC(=O)c2cc3ccncc3o2)cc1. The molecule has 0 aliphatic rings. The summed E-state index contributed by atoms with van der Waals surface area (Å²) in [7, 11) is -3.77. The van der Waals surface area contributed by atoms with Crippen molar-refractivity contribution in [2.24, 2.45) is 0 Å². The van der Waals surface area contributed by atoms with Gasteiger partial charge in [0.1, 0.15) is 0 Å². The summed E-state index contributed by atoms with van der Waals surface area (Å²) in [5.74, 6) is -0.189. The van der Waals surface area contributed by atoms with Crippen LogP contribution in [0.2, 0.25) is 5.02 Å². The topological polar surface area (TPSA) is 102 Å². The molecule has 152 valence electrons. The minimum Gasteiger partial charge on any atom is -0.449 e. The molecular formula is C21H16ClN3O4S. The van der Waals surface area contributed by atoms with Gasteiger partial charge in [0.25, 0.3) is 5.91 Å². The third-order valence-corrected chi connectivity index (χ3v) is 6.52. The molecule has 1 N–H and O–H groups in total. The van der Waals surface area contributed by atoms with E-state index in [9.17, 15) is 13.2 Å². The van der Waals surface area contributed by atoms with E-state index in [1.165, 1.54) is 18.3 Å². The molecule has 3 heterocycles. The summed E-state index contributed by atoms with van der Waals surface area (Å²) in [6.07, 6.45) is 4.47. The number of amides is 1. The second kappa shape index (κ2) is 7.89. The number of sulfone groups is 1. The smallest absolute Gasteiger partial charge is 0.287 e. The van der Waals surface area contributed by atoms with Gasteiger partial charge in [-0.05, 0) is 48.4 Å². The van der Waals surface area contributed by atoms with Crippen LogP contribution in [0.5, 0.6) is 0 Å². The number of rotatable bonds is 5. The number of carbonyl (C=O) groups is 1. The van der Waals surface area contributed by atoms with Crippen LogP contribution in [0, 0.1) is 6.92 Å². The van der Waals surface area contributed by atoms with Crippen LogP contribution >= 0.6 is 11.6 Å². The van der Waals surface area contributed by atoms with E-state index in [4.69, 9.17) is 16.0 Å². The summed E-state index contributed by atoms with van der Waals surface area (Å²) < 4.78 is 31.1. The van der Waals surface area contributed by atoms with Crippen LogP contribution in [0.25, 0.3) is 11.0 Å². The fourth-order valence-electron chi connectivity index (χ4n) is 2.97. The minimum absolute atomic E-state index is 0.0349. The summed E-state index contributed by atoms with van der Waals surface area (Å²) in [4.78, 5) is 20.4. The number of aryl methyl sites for hydroxylation is 1. The quantitative estimate of drug-likeness (QED) is 0.503. The van der Waals surface area contributed by atoms with Crippen molar-refractivity contribution < 1.29 is 17.6 Å². The molecule has 9 heteroatoms. The largest absolute Gasteiger partial charge is 0.449 e. The predicted molar refractivity (Wildman–Crippen MR) is 111 cm³/mol. The number of hydrogen-bond donors (Lipinski definition) is 1. The zero-order chi connectivity index (χ0) is 21.3. The monoisotopic (exact) mass is 441 g/mol. The van der Waals surface area contributed by atoms with Crippen molar-refractivity contribution in [2.45, 2.75) is 23.4 Å². The van der Waals surface area contributed by atoms with Gasteiger partial charge >= 0.3 is 0 Å². The van der Waals surface area contributed by atoms with Gasteiger partial charge in [0.2, 0.25) is 9.84 Å². The van der Waals surface area contributed by atoms with Crippen LogP contribution in [0.3, 0.4) is 0 Å². The maximum absolute atomic E-state index is 12.8. The second-order valence-corrected chi connectivity index (χ2v) is 8.93. The number of nitrogens with one attached hydrogen (secondary N) is 1. The zero-order valence-electron chi connectivity index (χ0n) is 15.8. The lowest BCUT2D eigenvalue weighted by molar-refractivity contribution is 0.0925. The minimum atomic E-state index is -3.77. The number of nitrogens with zero attached hydrogens (tertiary/aromatic N) is 2. The Bertz CT molecular complexity index is 1320. The lowest BCUT2D eigenvalue weighted by Crippen LogP contribution is -2.22. The van der Waals surface area contributed by atoms with Crippen LogP contribution in [0.4, 0.5) is 0 Å². The molecule has 0 aliphatic heterocycles. The highest BCUT2D eigenvalue weighted by atomic mass is 35.5. The van der Waals surface area contributed by atoms with E-state index in [1.807, 2.05) is 0 Å². The van der Waals surface area contributed by atoms with Gasteiger partial charge in [-0.1, -0.05) is 23.7 Å². The van der Waals surface area contributed by atoms with Crippen LogP contribution in [-0.4, -0.2) is 24.3 Å². The molecule has 1 aromatic carbocycles. The van der Waals surface area contributed by atoms with Crippen molar-refractivity contribution in [3.05, 3.63) is 83.0 Å². The van der Waals surface area contributed by atoms with Gasteiger partial charge in [0.05, 0.1) is 16.1 Å². The van der Waals surface area contributed by atoms with Gasteiger partial charge in [0, 0.05) is 24.3 Å². The molecular weight excluding hydrogens is 426 g/mol. The number of halogens is 1. The third kappa shape index (κ3) is 3.92. The normalized spacial score (nSPS) is 11.5. The van der Waals surface area contributed by atoms with E-state index < -0.39 is 9.84 Å². The van der Waals surface area contributed by atoms with Crippen molar-refractivity contribution >= 4 is 38.3 Å². The molecule has 0 radical (unpaired) electrons. The number of hydrogen-bond acceptors (Lipinski definition) is 6. The number of aromatic nitrogens is 2. The maximum atomic E-state index is 12.8. The molecule has 3 aromatic heterocycles. The molecule has 1 amide bonds. The van der Waals surface area contributed by atoms with Crippen LogP contribution in [0.1, 0.15) is 21.7 Å². The van der Waals surface area contributed by atoms with Gasteiger partial charge in [-0.25, -0.2) is 13.4 Å².